The van der Waals surface area contributed by atoms with Crippen LogP contribution in [-0.2, 0) is 0 Å². The molecule has 2 aromatic carbocycles. The summed E-state index contributed by atoms with van der Waals surface area (Å²) in [5, 5.41) is 11.1. The van der Waals surface area contributed by atoms with Gasteiger partial charge in [0.15, 0.2) is 10.0 Å². The van der Waals surface area contributed by atoms with Crippen LogP contribution in [0.15, 0.2) is 40.9 Å². The van der Waals surface area contributed by atoms with Crippen LogP contribution in [0.4, 0.5) is 0 Å². The number of halogens is 2. The molecule has 3 aromatic rings. The second-order valence-corrected chi connectivity index (χ2v) is 6.22. The Bertz CT molecular complexity index is 849. The van der Waals surface area contributed by atoms with Gasteiger partial charge in [0, 0.05) is 0 Å². The maximum absolute atomic E-state index is 11.0. The molecule has 0 spiro atoms. The van der Waals surface area contributed by atoms with E-state index >= 15 is 0 Å². The van der Waals surface area contributed by atoms with Crippen molar-refractivity contribution in [1.29, 1.82) is 0 Å². The lowest BCUT2D eigenvalue weighted by Crippen LogP contribution is -1.91. The lowest BCUT2D eigenvalue weighted by atomic mass is 10.1. The Hall–Kier alpha value is -1.63. The molecule has 1 heterocycles. The number of hydrogen-bond acceptors (Lipinski definition) is 4. The van der Waals surface area contributed by atoms with Crippen LogP contribution in [0.25, 0.3) is 10.8 Å². The number of carbonyl (C=O) groups is 1. The van der Waals surface area contributed by atoms with Gasteiger partial charge in [0.25, 0.3) is 5.19 Å². The number of benzene rings is 2. The highest BCUT2D eigenvalue weighted by atomic mass is 79.9. The van der Waals surface area contributed by atoms with Gasteiger partial charge < -0.3 is 9.84 Å². The summed E-state index contributed by atoms with van der Waals surface area (Å²) in [6.07, 6.45) is 0. The molecular weight excluding hydrogens is 378 g/mol. The standard InChI is InChI=1S/C14H7BrClNO3S/c15-10-8-4-2-1-3-7(8)5-6-9(10)20-14-17-12(16)11(21-14)13(18)19/h1-6H,(H,18,19). The summed E-state index contributed by atoms with van der Waals surface area (Å²) in [6, 6.07) is 11.6. The summed E-state index contributed by atoms with van der Waals surface area (Å²) in [6.45, 7) is 0. The topological polar surface area (TPSA) is 59.4 Å². The highest BCUT2D eigenvalue weighted by Gasteiger charge is 2.18. The first kappa shape index (κ1) is 14.3. The van der Waals surface area contributed by atoms with E-state index in [1.165, 1.54) is 0 Å². The quantitative estimate of drug-likeness (QED) is 0.674. The van der Waals surface area contributed by atoms with Gasteiger partial charge in [-0.05, 0) is 32.8 Å². The van der Waals surface area contributed by atoms with Crippen LogP contribution in [-0.4, -0.2) is 16.1 Å². The van der Waals surface area contributed by atoms with Crippen LogP contribution in [0.3, 0.4) is 0 Å². The predicted molar refractivity (Wildman–Crippen MR) is 85.8 cm³/mol. The summed E-state index contributed by atoms with van der Waals surface area (Å²) in [5.74, 6) is -0.569. The van der Waals surface area contributed by atoms with Crippen molar-refractivity contribution in [3.05, 3.63) is 50.9 Å². The number of hydrogen-bond donors (Lipinski definition) is 1. The summed E-state index contributed by atoms with van der Waals surface area (Å²) >= 11 is 10.2. The van der Waals surface area contributed by atoms with Gasteiger partial charge in [-0.2, -0.15) is 4.98 Å². The molecule has 21 heavy (non-hydrogen) atoms. The number of thiazole rings is 1. The van der Waals surface area contributed by atoms with Crippen molar-refractivity contribution < 1.29 is 14.6 Å². The van der Waals surface area contributed by atoms with E-state index in [2.05, 4.69) is 20.9 Å². The SMILES string of the molecule is O=C(O)c1sc(Oc2ccc3ccccc3c2Br)nc1Cl. The molecule has 0 bridgehead atoms. The van der Waals surface area contributed by atoms with Gasteiger partial charge in [-0.1, -0.05) is 53.3 Å². The molecule has 1 N–H and O–H groups in total. The minimum atomic E-state index is -1.12. The van der Waals surface area contributed by atoms with Crippen molar-refractivity contribution in [3.63, 3.8) is 0 Å². The molecule has 106 valence electrons. The van der Waals surface area contributed by atoms with Crippen molar-refractivity contribution in [2.75, 3.05) is 0 Å². The lowest BCUT2D eigenvalue weighted by molar-refractivity contribution is 0.0702. The highest BCUT2D eigenvalue weighted by molar-refractivity contribution is 9.10. The highest BCUT2D eigenvalue weighted by Crippen LogP contribution is 2.38. The van der Waals surface area contributed by atoms with Crippen LogP contribution in [0, 0.1) is 0 Å². The first-order valence-electron chi connectivity index (χ1n) is 5.81. The maximum atomic E-state index is 11.0. The Morgan fingerprint density at radius 1 is 1.29 bits per heavy atom. The Kier molecular flexibility index (Phi) is 3.84. The fourth-order valence-electron chi connectivity index (χ4n) is 1.85. The molecule has 0 aliphatic carbocycles. The molecular formula is C14H7BrClNO3S. The number of aromatic carboxylic acids is 1. The third-order valence-electron chi connectivity index (χ3n) is 2.79. The smallest absolute Gasteiger partial charge is 0.349 e. The van der Waals surface area contributed by atoms with Gasteiger partial charge in [0.1, 0.15) is 5.75 Å². The number of rotatable bonds is 3. The molecule has 3 rings (SSSR count). The van der Waals surface area contributed by atoms with Crippen molar-refractivity contribution in [1.82, 2.24) is 4.98 Å². The molecule has 0 saturated carbocycles. The predicted octanol–water partition coefficient (Wildman–Crippen LogP) is 5.20. The largest absolute Gasteiger partial charge is 0.477 e. The average molecular weight is 385 g/mol. The van der Waals surface area contributed by atoms with E-state index in [-0.39, 0.29) is 15.2 Å². The van der Waals surface area contributed by atoms with Gasteiger partial charge in [-0.3, -0.25) is 0 Å². The summed E-state index contributed by atoms with van der Waals surface area (Å²) in [4.78, 5) is 14.8. The van der Waals surface area contributed by atoms with Gasteiger partial charge in [0.2, 0.25) is 0 Å². The third kappa shape index (κ3) is 2.74. The zero-order valence-corrected chi connectivity index (χ0v) is 13.5. The van der Waals surface area contributed by atoms with Crippen LogP contribution in [0.1, 0.15) is 9.67 Å². The van der Waals surface area contributed by atoms with Crippen molar-refractivity contribution in [2.45, 2.75) is 0 Å². The zero-order chi connectivity index (χ0) is 15.0. The molecule has 0 atom stereocenters. The number of carboxylic acid groups (broad SMARTS) is 1. The van der Waals surface area contributed by atoms with E-state index < -0.39 is 5.97 Å². The fourth-order valence-corrected chi connectivity index (χ4v) is 3.40. The Morgan fingerprint density at radius 2 is 2.05 bits per heavy atom. The minimum absolute atomic E-state index is 0.0384. The minimum Gasteiger partial charge on any atom is -0.477 e. The number of nitrogens with zero attached hydrogens (tertiary/aromatic N) is 1. The van der Waals surface area contributed by atoms with Gasteiger partial charge in [0.05, 0.1) is 4.47 Å². The molecule has 4 nitrogen and oxygen atoms in total. The molecule has 0 radical (unpaired) electrons. The maximum Gasteiger partial charge on any atom is 0.349 e. The molecule has 7 heteroatoms. The van der Waals surface area contributed by atoms with Gasteiger partial charge in [-0.15, -0.1) is 0 Å². The second kappa shape index (κ2) is 5.63. The average Bonchev–Trinajstić information content (AvgIpc) is 2.83. The van der Waals surface area contributed by atoms with E-state index in [1.807, 2.05) is 30.3 Å². The van der Waals surface area contributed by atoms with E-state index in [4.69, 9.17) is 21.4 Å². The Balaban J connectivity index is 2.00. The van der Waals surface area contributed by atoms with Crippen LogP contribution >= 0.6 is 38.9 Å². The van der Waals surface area contributed by atoms with Crippen molar-refractivity contribution in [3.8, 4) is 10.9 Å². The number of fused-ring (bicyclic) bond motifs is 1. The van der Waals surface area contributed by atoms with Crippen molar-refractivity contribution >= 4 is 55.6 Å². The number of ether oxygens (including phenoxy) is 1. The fraction of sp³-hybridized carbons (Fsp3) is 0. The normalized spacial score (nSPS) is 10.8. The Morgan fingerprint density at radius 3 is 2.76 bits per heavy atom. The molecule has 1 aromatic heterocycles. The monoisotopic (exact) mass is 383 g/mol. The van der Waals surface area contributed by atoms with E-state index in [0.29, 0.717) is 5.75 Å². The van der Waals surface area contributed by atoms with Gasteiger partial charge in [-0.25, -0.2) is 4.79 Å². The van der Waals surface area contributed by atoms with Crippen LogP contribution < -0.4 is 4.74 Å². The molecule has 0 unspecified atom stereocenters. The summed E-state index contributed by atoms with van der Waals surface area (Å²) in [5.41, 5.74) is 0. The van der Waals surface area contributed by atoms with Crippen LogP contribution in [0.5, 0.6) is 10.9 Å². The van der Waals surface area contributed by atoms with Gasteiger partial charge >= 0.3 is 5.97 Å². The summed E-state index contributed by atoms with van der Waals surface area (Å²) < 4.78 is 6.42. The molecule has 0 aliphatic heterocycles. The van der Waals surface area contributed by atoms with Crippen LogP contribution in [0.2, 0.25) is 5.15 Å². The first-order valence-corrected chi connectivity index (χ1v) is 7.79. The first-order chi connectivity index (χ1) is 10.1. The van der Waals surface area contributed by atoms with Crippen molar-refractivity contribution in [2.24, 2.45) is 0 Å². The van der Waals surface area contributed by atoms with E-state index in [1.54, 1.807) is 6.07 Å². The number of aromatic nitrogens is 1. The van der Waals surface area contributed by atoms with E-state index in [9.17, 15) is 4.79 Å². The molecule has 0 fully saturated rings. The summed E-state index contributed by atoms with van der Waals surface area (Å²) in [7, 11) is 0. The number of carboxylic acids is 1. The Labute approximate surface area is 137 Å². The third-order valence-corrected chi connectivity index (χ3v) is 4.91. The van der Waals surface area contributed by atoms with E-state index in [0.717, 1.165) is 26.6 Å². The molecule has 0 saturated heterocycles. The lowest BCUT2D eigenvalue weighted by Gasteiger charge is -2.07. The molecule has 0 amide bonds. The molecule has 0 aliphatic rings. The zero-order valence-electron chi connectivity index (χ0n) is 10.3. The second-order valence-electron chi connectivity index (χ2n) is 4.11.